The van der Waals surface area contributed by atoms with Gasteiger partial charge in [-0.2, -0.15) is 5.10 Å². The molecule has 2 heterocycles. The molecule has 0 amide bonds. The van der Waals surface area contributed by atoms with Crippen molar-refractivity contribution in [3.63, 3.8) is 0 Å². The van der Waals surface area contributed by atoms with Crippen molar-refractivity contribution in [2.45, 2.75) is 32.3 Å². The third kappa shape index (κ3) is 2.64. The number of ether oxygens (including phenoxy) is 1. The van der Waals surface area contributed by atoms with Crippen LogP contribution in [0.2, 0.25) is 5.02 Å². The first-order valence-corrected chi connectivity index (χ1v) is 6.47. The summed E-state index contributed by atoms with van der Waals surface area (Å²) in [6.45, 7) is 3.43. The summed E-state index contributed by atoms with van der Waals surface area (Å²) in [7, 11) is 1.87. The summed E-state index contributed by atoms with van der Waals surface area (Å²) in [4.78, 5) is 0. The van der Waals surface area contributed by atoms with Gasteiger partial charge in [-0.1, -0.05) is 18.5 Å². The number of aliphatic hydroxyl groups is 1. The molecule has 1 N–H and O–H groups in total. The minimum absolute atomic E-state index is 0.228. The molecule has 0 radical (unpaired) electrons. The summed E-state index contributed by atoms with van der Waals surface area (Å²) < 4.78 is 7.07. The lowest BCUT2D eigenvalue weighted by molar-refractivity contribution is 0.0904. The van der Waals surface area contributed by atoms with Crippen LogP contribution in [0, 0.1) is 5.92 Å². The molecule has 0 spiro atoms. The van der Waals surface area contributed by atoms with Gasteiger partial charge in [0.15, 0.2) is 0 Å². The first-order chi connectivity index (χ1) is 8.13. The second-order valence-corrected chi connectivity index (χ2v) is 4.96. The Morgan fingerprint density at radius 3 is 2.94 bits per heavy atom. The third-order valence-electron chi connectivity index (χ3n) is 3.41. The van der Waals surface area contributed by atoms with E-state index < -0.39 is 6.10 Å². The molecule has 0 aromatic carbocycles. The number of halogens is 1. The molecule has 1 aliphatic heterocycles. The molecule has 2 unspecified atom stereocenters. The van der Waals surface area contributed by atoms with Crippen molar-refractivity contribution in [2.24, 2.45) is 13.0 Å². The smallest absolute Gasteiger partial charge is 0.0850 e. The lowest BCUT2D eigenvalue weighted by Gasteiger charge is -2.16. The Morgan fingerprint density at radius 1 is 1.65 bits per heavy atom. The molecule has 0 saturated carbocycles. The minimum atomic E-state index is -0.393. The standard InChI is InChI=1S/C12H19ClN2O2/c1-3-9-12(13)10(15(2)14-9)6-11(16)8-4-5-17-7-8/h8,11,16H,3-7H2,1-2H3. The summed E-state index contributed by atoms with van der Waals surface area (Å²) in [5.41, 5.74) is 1.82. The monoisotopic (exact) mass is 258 g/mol. The number of aryl methyl sites for hydroxylation is 2. The van der Waals surface area contributed by atoms with Crippen molar-refractivity contribution in [3.8, 4) is 0 Å². The second kappa shape index (κ2) is 5.38. The van der Waals surface area contributed by atoms with E-state index in [0.29, 0.717) is 18.1 Å². The van der Waals surface area contributed by atoms with E-state index in [-0.39, 0.29) is 5.92 Å². The van der Waals surface area contributed by atoms with Gasteiger partial charge in [-0.3, -0.25) is 4.68 Å². The van der Waals surface area contributed by atoms with Crippen molar-refractivity contribution in [3.05, 3.63) is 16.4 Å². The Balaban J connectivity index is 2.09. The molecule has 96 valence electrons. The number of rotatable bonds is 4. The maximum atomic E-state index is 10.2. The van der Waals surface area contributed by atoms with Gasteiger partial charge >= 0.3 is 0 Å². The molecule has 2 atom stereocenters. The maximum absolute atomic E-state index is 10.2. The van der Waals surface area contributed by atoms with Crippen molar-refractivity contribution >= 4 is 11.6 Å². The zero-order valence-electron chi connectivity index (χ0n) is 10.3. The minimum Gasteiger partial charge on any atom is -0.392 e. The zero-order chi connectivity index (χ0) is 12.4. The highest BCUT2D eigenvalue weighted by atomic mass is 35.5. The van der Waals surface area contributed by atoms with E-state index in [2.05, 4.69) is 5.10 Å². The Bertz CT molecular complexity index is 386. The van der Waals surface area contributed by atoms with Gasteiger partial charge < -0.3 is 9.84 Å². The fourth-order valence-corrected chi connectivity index (χ4v) is 2.63. The number of hydrogen-bond donors (Lipinski definition) is 1. The van der Waals surface area contributed by atoms with Crippen LogP contribution in [-0.4, -0.2) is 34.2 Å². The van der Waals surface area contributed by atoms with Crippen LogP contribution in [0.15, 0.2) is 0 Å². The molecule has 0 aliphatic carbocycles. The van der Waals surface area contributed by atoms with E-state index in [1.165, 1.54) is 0 Å². The van der Waals surface area contributed by atoms with Gasteiger partial charge in [0.1, 0.15) is 0 Å². The molecule has 0 bridgehead atoms. The topological polar surface area (TPSA) is 47.3 Å². The number of aromatic nitrogens is 2. The average Bonchev–Trinajstić information content (AvgIpc) is 2.92. The Kier molecular flexibility index (Phi) is 4.07. The highest BCUT2D eigenvalue weighted by Gasteiger charge is 2.26. The van der Waals surface area contributed by atoms with Gasteiger partial charge in [-0.05, 0) is 12.8 Å². The molecular formula is C12H19ClN2O2. The molecule has 4 nitrogen and oxygen atoms in total. The van der Waals surface area contributed by atoms with Crippen LogP contribution in [0.5, 0.6) is 0 Å². The van der Waals surface area contributed by atoms with Crippen molar-refractivity contribution in [1.82, 2.24) is 9.78 Å². The molecule has 17 heavy (non-hydrogen) atoms. The van der Waals surface area contributed by atoms with Gasteiger partial charge in [0, 0.05) is 26.0 Å². The fraction of sp³-hybridized carbons (Fsp3) is 0.750. The van der Waals surface area contributed by atoms with Crippen molar-refractivity contribution < 1.29 is 9.84 Å². The van der Waals surface area contributed by atoms with Crippen molar-refractivity contribution in [2.75, 3.05) is 13.2 Å². The molecular weight excluding hydrogens is 240 g/mol. The molecule has 1 aliphatic rings. The fourth-order valence-electron chi connectivity index (χ4n) is 2.26. The quantitative estimate of drug-likeness (QED) is 0.892. The molecule has 1 fully saturated rings. The van der Waals surface area contributed by atoms with Gasteiger partial charge in [0.05, 0.1) is 29.1 Å². The lowest BCUT2D eigenvalue weighted by Crippen LogP contribution is -2.24. The van der Waals surface area contributed by atoms with E-state index in [1.807, 2.05) is 14.0 Å². The van der Waals surface area contributed by atoms with Gasteiger partial charge in [-0.15, -0.1) is 0 Å². The molecule has 1 aromatic rings. The lowest BCUT2D eigenvalue weighted by atomic mass is 9.97. The summed E-state index contributed by atoms with van der Waals surface area (Å²) in [5.74, 6) is 0.228. The van der Waals surface area contributed by atoms with Crippen LogP contribution in [0.3, 0.4) is 0 Å². The number of nitrogens with zero attached hydrogens (tertiary/aromatic N) is 2. The largest absolute Gasteiger partial charge is 0.392 e. The number of hydrogen-bond acceptors (Lipinski definition) is 3. The Labute approximate surface area is 107 Å². The van der Waals surface area contributed by atoms with E-state index in [4.69, 9.17) is 16.3 Å². The van der Waals surface area contributed by atoms with Crippen LogP contribution in [0.1, 0.15) is 24.7 Å². The highest BCUT2D eigenvalue weighted by Crippen LogP contribution is 2.25. The first kappa shape index (κ1) is 12.9. The number of aliphatic hydroxyl groups excluding tert-OH is 1. The summed E-state index contributed by atoms with van der Waals surface area (Å²) >= 11 is 6.25. The van der Waals surface area contributed by atoms with Crippen LogP contribution >= 0.6 is 11.6 Å². The van der Waals surface area contributed by atoms with Gasteiger partial charge in [0.2, 0.25) is 0 Å². The summed E-state index contributed by atoms with van der Waals surface area (Å²) in [6, 6.07) is 0. The summed E-state index contributed by atoms with van der Waals surface area (Å²) in [6.07, 6.45) is 1.90. The zero-order valence-corrected chi connectivity index (χ0v) is 11.1. The van der Waals surface area contributed by atoms with E-state index in [1.54, 1.807) is 4.68 Å². The molecule has 5 heteroatoms. The van der Waals surface area contributed by atoms with Crippen LogP contribution < -0.4 is 0 Å². The Morgan fingerprint density at radius 2 is 2.41 bits per heavy atom. The van der Waals surface area contributed by atoms with E-state index in [9.17, 15) is 5.11 Å². The third-order valence-corrected chi connectivity index (χ3v) is 3.85. The van der Waals surface area contributed by atoms with Crippen molar-refractivity contribution in [1.29, 1.82) is 0 Å². The molecule has 2 rings (SSSR count). The highest BCUT2D eigenvalue weighted by molar-refractivity contribution is 6.31. The van der Waals surface area contributed by atoms with Gasteiger partial charge in [-0.25, -0.2) is 0 Å². The Hall–Kier alpha value is -0.580. The SMILES string of the molecule is CCc1nn(C)c(CC(O)C2CCOC2)c1Cl. The van der Waals surface area contributed by atoms with Gasteiger partial charge in [0.25, 0.3) is 0 Å². The summed E-state index contributed by atoms with van der Waals surface area (Å²) in [5, 5.41) is 15.2. The van der Waals surface area contributed by atoms with Crippen LogP contribution in [0.25, 0.3) is 0 Å². The van der Waals surface area contributed by atoms with E-state index >= 15 is 0 Å². The second-order valence-electron chi connectivity index (χ2n) is 4.58. The van der Waals surface area contributed by atoms with Crippen LogP contribution in [-0.2, 0) is 24.6 Å². The molecule has 1 saturated heterocycles. The maximum Gasteiger partial charge on any atom is 0.0850 e. The average molecular weight is 259 g/mol. The normalized spacial score (nSPS) is 22.0. The predicted octanol–water partition coefficient (Wildman–Crippen LogP) is 1.58. The van der Waals surface area contributed by atoms with Crippen LogP contribution in [0.4, 0.5) is 0 Å². The van der Waals surface area contributed by atoms with E-state index in [0.717, 1.165) is 30.8 Å². The first-order valence-electron chi connectivity index (χ1n) is 6.09. The predicted molar refractivity (Wildman–Crippen MR) is 66.2 cm³/mol. The molecule has 1 aromatic heterocycles.